The number of aryl methyl sites for hydroxylation is 1. The van der Waals surface area contributed by atoms with E-state index in [-0.39, 0.29) is 11.5 Å². The third-order valence-electron chi connectivity index (χ3n) is 14.9. The van der Waals surface area contributed by atoms with Crippen LogP contribution >= 0.6 is 0 Å². The van der Waals surface area contributed by atoms with Crippen molar-refractivity contribution in [2.24, 2.45) is 0 Å². The Kier molecular flexibility index (Phi) is 9.66. The highest BCUT2D eigenvalue weighted by Crippen LogP contribution is 2.58. The summed E-state index contributed by atoms with van der Waals surface area (Å²) < 4.78 is 2.24. The Bertz CT molecular complexity index is 3130. The molecule has 0 N–H and O–H groups in total. The SMILES string of the molecule is Cc1c(C2=CC=CCC2)nn2c(C3=CC[C@H](N(c4ccc5c(c4)C(c4ccccc4)(c4ccccc4)C4=C5C=CCC4)[C@@H]4CC=C(c5ccccc5)CC4)C=C3)cc3ccccc3c12. The zero-order valence-corrected chi connectivity index (χ0v) is 36.6. The van der Waals surface area contributed by atoms with E-state index in [4.69, 9.17) is 5.10 Å². The van der Waals surface area contributed by atoms with E-state index in [0.29, 0.717) is 6.04 Å². The number of fused-ring (bicyclic) bond motifs is 5. The van der Waals surface area contributed by atoms with Crippen molar-refractivity contribution in [3.8, 4) is 0 Å². The largest absolute Gasteiger partial charge is 0.361 e. The van der Waals surface area contributed by atoms with Crippen molar-refractivity contribution in [3.05, 3.63) is 245 Å². The molecule has 0 amide bonds. The lowest BCUT2D eigenvalue weighted by molar-refractivity contribution is 0.513. The minimum absolute atomic E-state index is 0.190. The van der Waals surface area contributed by atoms with Gasteiger partial charge in [-0.25, -0.2) is 4.52 Å². The molecule has 3 nitrogen and oxygen atoms in total. The lowest BCUT2D eigenvalue weighted by Gasteiger charge is -2.42. The average Bonchev–Trinajstić information content (AvgIpc) is 3.88. The van der Waals surface area contributed by atoms with Crippen LogP contribution in [0.4, 0.5) is 5.69 Å². The fourth-order valence-corrected chi connectivity index (χ4v) is 11.9. The van der Waals surface area contributed by atoms with E-state index < -0.39 is 0 Å². The predicted molar refractivity (Wildman–Crippen MR) is 268 cm³/mol. The van der Waals surface area contributed by atoms with E-state index in [9.17, 15) is 0 Å². The number of aromatic nitrogens is 2. The van der Waals surface area contributed by atoms with Crippen LogP contribution in [0, 0.1) is 6.92 Å². The van der Waals surface area contributed by atoms with Gasteiger partial charge in [-0.05, 0) is 138 Å². The molecule has 12 rings (SSSR count). The molecule has 2 aromatic heterocycles. The van der Waals surface area contributed by atoms with Gasteiger partial charge in [0.15, 0.2) is 0 Å². The molecule has 2 heterocycles. The van der Waals surface area contributed by atoms with Gasteiger partial charge in [-0.15, -0.1) is 0 Å². The van der Waals surface area contributed by atoms with Crippen LogP contribution in [0.5, 0.6) is 0 Å². The van der Waals surface area contributed by atoms with Gasteiger partial charge in [0.25, 0.3) is 0 Å². The van der Waals surface area contributed by atoms with Crippen molar-refractivity contribution in [2.75, 3.05) is 4.90 Å². The van der Waals surface area contributed by atoms with Gasteiger partial charge in [-0.3, -0.25) is 0 Å². The van der Waals surface area contributed by atoms with E-state index in [1.165, 1.54) is 83.2 Å². The van der Waals surface area contributed by atoms with Gasteiger partial charge in [0, 0.05) is 22.7 Å². The molecule has 0 saturated heterocycles. The molecule has 64 heavy (non-hydrogen) atoms. The Morgan fingerprint density at radius 1 is 0.688 bits per heavy atom. The number of hydrogen-bond donors (Lipinski definition) is 0. The van der Waals surface area contributed by atoms with Gasteiger partial charge in [0.1, 0.15) is 0 Å². The Balaban J connectivity index is 0.981. The summed E-state index contributed by atoms with van der Waals surface area (Å²) in [5, 5.41) is 7.92. The number of rotatable bonds is 8. The minimum atomic E-state index is -0.367. The van der Waals surface area contributed by atoms with Crippen molar-refractivity contribution in [2.45, 2.75) is 75.8 Å². The molecular formula is C61H53N3. The molecule has 3 heteroatoms. The summed E-state index contributed by atoms with van der Waals surface area (Å²) in [6.45, 7) is 2.26. The Morgan fingerprint density at radius 2 is 1.44 bits per heavy atom. The monoisotopic (exact) mass is 827 g/mol. The number of benzene rings is 5. The summed E-state index contributed by atoms with van der Waals surface area (Å²) in [5.41, 5.74) is 19.5. The van der Waals surface area contributed by atoms with Crippen LogP contribution in [0.1, 0.15) is 96.1 Å². The fourth-order valence-electron chi connectivity index (χ4n) is 11.9. The maximum absolute atomic E-state index is 5.41. The van der Waals surface area contributed by atoms with Gasteiger partial charge >= 0.3 is 0 Å². The maximum Gasteiger partial charge on any atom is 0.0923 e. The minimum Gasteiger partial charge on any atom is -0.361 e. The van der Waals surface area contributed by atoms with Gasteiger partial charge < -0.3 is 4.90 Å². The number of allylic oxidation sites excluding steroid dienone is 11. The lowest BCUT2D eigenvalue weighted by Crippen LogP contribution is -2.44. The highest BCUT2D eigenvalue weighted by atomic mass is 15.2. The molecule has 0 unspecified atom stereocenters. The van der Waals surface area contributed by atoms with Crippen LogP contribution in [-0.4, -0.2) is 21.7 Å². The summed E-state index contributed by atoms with van der Waals surface area (Å²) in [6.07, 6.45) is 29.7. The molecule has 0 bridgehead atoms. The molecule has 5 aliphatic rings. The molecule has 0 saturated carbocycles. The Labute approximate surface area is 377 Å². The molecule has 2 atom stereocenters. The van der Waals surface area contributed by atoms with Crippen molar-refractivity contribution < 1.29 is 0 Å². The summed E-state index contributed by atoms with van der Waals surface area (Å²) in [7, 11) is 0. The summed E-state index contributed by atoms with van der Waals surface area (Å²) in [5.74, 6) is 0. The Hall–Kier alpha value is -6.97. The second kappa shape index (κ2) is 16.0. The molecule has 312 valence electrons. The molecule has 0 radical (unpaired) electrons. The van der Waals surface area contributed by atoms with Crippen LogP contribution in [0.25, 0.3) is 38.6 Å². The molecule has 0 fully saturated rings. The predicted octanol–water partition coefficient (Wildman–Crippen LogP) is 14.8. The lowest BCUT2D eigenvalue weighted by atomic mass is 9.65. The third kappa shape index (κ3) is 6.27. The first kappa shape index (κ1) is 38.7. The standard InChI is InChI=1S/C61H53N3/c1-42-59(46-20-8-3-9-21-46)62-64-58(40-47-22-14-15-27-53(47)60(42)64)45-32-36-51(37-33-45)63(50-34-30-44(31-35-50)43-18-6-2-7-19-43)52-38-39-55-54-28-16-17-29-56(54)61(57(55)41-52,48-23-10-4-11-24-48)49-25-12-5-13-26-49/h2-8,10-16,18-20,22-28,30,32-33,36,38-41,50-51H,9,17,21,29,31,34-35,37H2,1H3/t50-,51-/m1/s1. The molecule has 7 aromatic rings. The van der Waals surface area contributed by atoms with E-state index in [2.05, 4.69) is 211 Å². The molecular weight excluding hydrogens is 775 g/mol. The van der Waals surface area contributed by atoms with Crippen molar-refractivity contribution in [1.29, 1.82) is 0 Å². The number of nitrogens with zero attached hydrogens (tertiary/aromatic N) is 3. The van der Waals surface area contributed by atoms with E-state index in [1.807, 2.05) is 0 Å². The maximum atomic E-state index is 5.41. The van der Waals surface area contributed by atoms with Crippen LogP contribution in [0.2, 0.25) is 0 Å². The smallest absolute Gasteiger partial charge is 0.0923 e. The number of pyridine rings is 1. The highest BCUT2D eigenvalue weighted by Gasteiger charge is 2.48. The summed E-state index contributed by atoms with van der Waals surface area (Å²) in [4.78, 5) is 2.80. The van der Waals surface area contributed by atoms with Gasteiger partial charge in [-0.2, -0.15) is 5.10 Å². The molecule has 0 aliphatic heterocycles. The quantitative estimate of drug-likeness (QED) is 0.152. The summed E-state index contributed by atoms with van der Waals surface area (Å²) >= 11 is 0. The van der Waals surface area contributed by atoms with Crippen LogP contribution < -0.4 is 4.90 Å². The zero-order valence-electron chi connectivity index (χ0n) is 36.6. The van der Waals surface area contributed by atoms with Gasteiger partial charge in [0.05, 0.1) is 28.4 Å². The molecule has 0 spiro atoms. The summed E-state index contributed by atoms with van der Waals surface area (Å²) in [6, 6.07) is 52.9. The number of anilines is 1. The first-order valence-corrected chi connectivity index (χ1v) is 23.5. The first-order chi connectivity index (χ1) is 31.7. The topological polar surface area (TPSA) is 20.5 Å². The number of hydrogen-bond acceptors (Lipinski definition) is 2. The van der Waals surface area contributed by atoms with E-state index in [0.717, 1.165) is 62.8 Å². The van der Waals surface area contributed by atoms with Crippen molar-refractivity contribution in [1.82, 2.24) is 9.61 Å². The van der Waals surface area contributed by atoms with Crippen LogP contribution in [0.15, 0.2) is 200 Å². The first-order valence-electron chi connectivity index (χ1n) is 23.5. The highest BCUT2D eigenvalue weighted by molar-refractivity contribution is 6.01. The molecule has 5 aromatic carbocycles. The second-order valence-corrected chi connectivity index (χ2v) is 18.3. The van der Waals surface area contributed by atoms with E-state index >= 15 is 0 Å². The van der Waals surface area contributed by atoms with Crippen LogP contribution in [0.3, 0.4) is 0 Å². The molecule has 5 aliphatic carbocycles. The van der Waals surface area contributed by atoms with Crippen molar-refractivity contribution >= 4 is 44.3 Å². The average molecular weight is 828 g/mol. The second-order valence-electron chi connectivity index (χ2n) is 18.3. The fraction of sp³-hybridized carbons (Fsp3) is 0.197. The zero-order chi connectivity index (χ0) is 42.6. The van der Waals surface area contributed by atoms with E-state index in [1.54, 1.807) is 0 Å². The van der Waals surface area contributed by atoms with Crippen molar-refractivity contribution in [3.63, 3.8) is 0 Å². The Morgan fingerprint density at radius 3 is 2.16 bits per heavy atom. The van der Waals surface area contributed by atoms with Crippen LogP contribution in [-0.2, 0) is 5.41 Å². The normalized spacial score (nSPS) is 19.9. The van der Waals surface area contributed by atoms with Gasteiger partial charge in [-0.1, -0.05) is 176 Å². The third-order valence-corrected chi connectivity index (χ3v) is 14.9. The van der Waals surface area contributed by atoms with Gasteiger partial charge in [0.2, 0.25) is 0 Å².